The van der Waals surface area contributed by atoms with Crippen LogP contribution in [0.15, 0.2) is 24.5 Å². The Morgan fingerprint density at radius 1 is 1.16 bits per heavy atom. The molecule has 0 radical (unpaired) electrons. The van der Waals surface area contributed by atoms with Crippen molar-refractivity contribution in [3.8, 4) is 11.8 Å². The average Bonchev–Trinajstić information content (AvgIpc) is 2.36. The number of halogens is 1. The van der Waals surface area contributed by atoms with E-state index in [2.05, 4.69) is 9.97 Å². The molecule has 2 rings (SSSR count). The third kappa shape index (κ3) is 3.43. The largest absolute Gasteiger partial charge is 0.424 e. The lowest BCUT2D eigenvalue weighted by Gasteiger charge is -2.10. The maximum absolute atomic E-state index is 5.98. The molecule has 2 N–H and O–H groups in total. The molecule has 0 aliphatic rings. The Balaban J connectivity index is 2.21. The summed E-state index contributed by atoms with van der Waals surface area (Å²) in [5, 5.41) is 0.696. The van der Waals surface area contributed by atoms with Crippen LogP contribution in [0.2, 0.25) is 5.02 Å². The molecule has 1 aromatic heterocycles. The number of nitrogens with zero attached hydrogens (tertiary/aromatic N) is 2. The van der Waals surface area contributed by atoms with Crippen molar-refractivity contribution in [2.75, 3.05) is 6.54 Å². The van der Waals surface area contributed by atoms with E-state index in [0.29, 0.717) is 17.6 Å². The lowest BCUT2D eigenvalue weighted by molar-refractivity contribution is 0.434. The van der Waals surface area contributed by atoms with Crippen molar-refractivity contribution in [3.63, 3.8) is 0 Å². The molecule has 0 saturated carbocycles. The third-order valence-electron chi connectivity index (χ3n) is 2.73. The van der Waals surface area contributed by atoms with Gasteiger partial charge in [0.1, 0.15) is 5.75 Å². The van der Waals surface area contributed by atoms with Gasteiger partial charge in [0.25, 0.3) is 0 Å². The van der Waals surface area contributed by atoms with Gasteiger partial charge in [-0.3, -0.25) is 0 Å². The van der Waals surface area contributed by atoms with Gasteiger partial charge < -0.3 is 10.5 Å². The van der Waals surface area contributed by atoms with Crippen LogP contribution in [-0.2, 0) is 6.42 Å². The fraction of sp³-hybridized carbons (Fsp3) is 0.286. The van der Waals surface area contributed by atoms with Crippen LogP contribution in [0.5, 0.6) is 11.8 Å². The molecule has 1 aromatic carbocycles. The molecule has 0 aliphatic heterocycles. The number of ether oxygens (including phenoxy) is 1. The second kappa shape index (κ2) is 5.99. The Labute approximate surface area is 117 Å². The zero-order chi connectivity index (χ0) is 13.8. The highest BCUT2D eigenvalue weighted by Crippen LogP contribution is 2.29. The number of aromatic nitrogens is 2. The molecule has 0 spiro atoms. The first kappa shape index (κ1) is 13.8. The minimum absolute atomic E-state index is 0.328. The highest BCUT2D eigenvalue weighted by molar-refractivity contribution is 6.30. The number of benzene rings is 1. The standard InChI is InChI=1S/C14H16ClN3O/c1-9-5-12(15)6-10(2)13(9)19-14-17-7-11(3-4-16)8-18-14/h5-8H,3-4,16H2,1-2H3. The molecule has 0 bridgehead atoms. The summed E-state index contributed by atoms with van der Waals surface area (Å²) in [5.74, 6) is 0.746. The second-order valence-corrected chi connectivity index (χ2v) is 4.82. The van der Waals surface area contributed by atoms with Crippen LogP contribution < -0.4 is 10.5 Å². The van der Waals surface area contributed by atoms with Gasteiger partial charge in [-0.05, 0) is 55.6 Å². The first-order chi connectivity index (χ1) is 9.10. The van der Waals surface area contributed by atoms with Crippen LogP contribution >= 0.6 is 11.6 Å². The molecule has 2 aromatic rings. The highest BCUT2D eigenvalue weighted by Gasteiger charge is 2.08. The van der Waals surface area contributed by atoms with Crippen molar-refractivity contribution >= 4 is 11.6 Å². The Morgan fingerprint density at radius 3 is 2.26 bits per heavy atom. The monoisotopic (exact) mass is 277 g/mol. The van der Waals surface area contributed by atoms with E-state index in [1.54, 1.807) is 12.4 Å². The van der Waals surface area contributed by atoms with Crippen LogP contribution in [0, 0.1) is 13.8 Å². The molecular formula is C14H16ClN3O. The van der Waals surface area contributed by atoms with Crippen molar-refractivity contribution in [1.29, 1.82) is 0 Å². The molecule has 5 heteroatoms. The minimum atomic E-state index is 0.328. The number of hydrogen-bond donors (Lipinski definition) is 1. The van der Waals surface area contributed by atoms with Gasteiger partial charge in [0, 0.05) is 17.4 Å². The molecule has 0 saturated heterocycles. The molecule has 1 heterocycles. The molecule has 0 aliphatic carbocycles. The van der Waals surface area contributed by atoms with E-state index in [1.165, 1.54) is 0 Å². The summed E-state index contributed by atoms with van der Waals surface area (Å²) in [6.45, 7) is 4.47. The molecule has 100 valence electrons. The van der Waals surface area contributed by atoms with E-state index >= 15 is 0 Å². The Morgan fingerprint density at radius 2 is 1.74 bits per heavy atom. The van der Waals surface area contributed by atoms with Crippen molar-refractivity contribution in [3.05, 3.63) is 46.2 Å². The lowest BCUT2D eigenvalue weighted by atomic mass is 10.1. The molecule has 0 amide bonds. The fourth-order valence-electron chi connectivity index (χ4n) is 1.84. The van der Waals surface area contributed by atoms with Crippen molar-refractivity contribution in [1.82, 2.24) is 9.97 Å². The average molecular weight is 278 g/mol. The maximum atomic E-state index is 5.98. The fourth-order valence-corrected chi connectivity index (χ4v) is 2.17. The van der Waals surface area contributed by atoms with Crippen LogP contribution in [0.1, 0.15) is 16.7 Å². The topological polar surface area (TPSA) is 61.0 Å². The maximum Gasteiger partial charge on any atom is 0.321 e. The molecule has 0 unspecified atom stereocenters. The van der Waals surface area contributed by atoms with Gasteiger partial charge in [-0.25, -0.2) is 9.97 Å². The highest BCUT2D eigenvalue weighted by atomic mass is 35.5. The summed E-state index contributed by atoms with van der Waals surface area (Å²) in [6, 6.07) is 4.04. The van der Waals surface area contributed by atoms with Gasteiger partial charge >= 0.3 is 6.01 Å². The number of aryl methyl sites for hydroxylation is 2. The Kier molecular flexibility index (Phi) is 4.35. The third-order valence-corrected chi connectivity index (χ3v) is 2.95. The van der Waals surface area contributed by atoms with E-state index in [0.717, 1.165) is 28.9 Å². The molecule has 4 nitrogen and oxygen atoms in total. The van der Waals surface area contributed by atoms with Gasteiger partial charge in [-0.2, -0.15) is 0 Å². The summed E-state index contributed by atoms with van der Waals surface area (Å²) >= 11 is 5.98. The van der Waals surface area contributed by atoms with Crippen LogP contribution in [0.25, 0.3) is 0 Å². The summed E-state index contributed by atoms with van der Waals surface area (Å²) in [5.41, 5.74) is 8.39. The number of nitrogens with two attached hydrogens (primary N) is 1. The van der Waals surface area contributed by atoms with Crippen LogP contribution in [0.3, 0.4) is 0 Å². The Bertz CT molecular complexity index is 546. The molecular weight excluding hydrogens is 262 g/mol. The predicted molar refractivity (Wildman–Crippen MR) is 75.8 cm³/mol. The van der Waals surface area contributed by atoms with Crippen molar-refractivity contribution in [2.24, 2.45) is 5.73 Å². The second-order valence-electron chi connectivity index (χ2n) is 4.38. The van der Waals surface area contributed by atoms with Gasteiger partial charge in [-0.15, -0.1) is 0 Å². The van der Waals surface area contributed by atoms with Gasteiger partial charge in [0.15, 0.2) is 0 Å². The molecule has 0 fully saturated rings. The Hall–Kier alpha value is -1.65. The van der Waals surface area contributed by atoms with E-state index in [9.17, 15) is 0 Å². The van der Waals surface area contributed by atoms with Crippen molar-refractivity contribution < 1.29 is 4.74 Å². The molecule has 19 heavy (non-hydrogen) atoms. The summed E-state index contributed by atoms with van der Waals surface area (Å²) in [6.07, 6.45) is 4.23. The number of rotatable bonds is 4. The van der Waals surface area contributed by atoms with Gasteiger partial charge in [-0.1, -0.05) is 11.6 Å². The molecule has 0 atom stereocenters. The van der Waals surface area contributed by atoms with Crippen molar-refractivity contribution in [2.45, 2.75) is 20.3 Å². The smallest absolute Gasteiger partial charge is 0.321 e. The summed E-state index contributed by atoms with van der Waals surface area (Å²) in [4.78, 5) is 8.35. The zero-order valence-electron chi connectivity index (χ0n) is 11.0. The first-order valence-corrected chi connectivity index (χ1v) is 6.43. The van der Waals surface area contributed by atoms with Crippen LogP contribution in [0.4, 0.5) is 0 Å². The summed E-state index contributed by atoms with van der Waals surface area (Å²) < 4.78 is 5.72. The zero-order valence-corrected chi connectivity index (χ0v) is 11.7. The SMILES string of the molecule is Cc1cc(Cl)cc(C)c1Oc1ncc(CCN)cn1. The van der Waals surface area contributed by atoms with E-state index in [-0.39, 0.29) is 0 Å². The quantitative estimate of drug-likeness (QED) is 0.933. The summed E-state index contributed by atoms with van der Waals surface area (Å²) in [7, 11) is 0. The van der Waals surface area contributed by atoms with E-state index in [1.807, 2.05) is 26.0 Å². The van der Waals surface area contributed by atoms with E-state index < -0.39 is 0 Å². The van der Waals surface area contributed by atoms with E-state index in [4.69, 9.17) is 22.1 Å². The first-order valence-electron chi connectivity index (χ1n) is 6.05. The lowest BCUT2D eigenvalue weighted by Crippen LogP contribution is -2.04. The van der Waals surface area contributed by atoms with Crippen LogP contribution in [-0.4, -0.2) is 16.5 Å². The minimum Gasteiger partial charge on any atom is -0.424 e. The predicted octanol–water partition coefficient (Wildman–Crippen LogP) is 3.04. The van der Waals surface area contributed by atoms with Gasteiger partial charge in [0.05, 0.1) is 0 Å². The number of hydrogen-bond acceptors (Lipinski definition) is 4. The normalized spacial score (nSPS) is 10.5. The van der Waals surface area contributed by atoms with Gasteiger partial charge in [0.2, 0.25) is 0 Å².